The van der Waals surface area contributed by atoms with Crippen molar-refractivity contribution >= 4 is 22.4 Å². The second-order valence-electron chi connectivity index (χ2n) is 4.85. The largest absolute Gasteiger partial charge is 0.383 e. The van der Waals surface area contributed by atoms with Crippen LogP contribution < -0.4 is 11.1 Å². The molecule has 1 saturated carbocycles. The number of hydrogen-bond donors (Lipinski definition) is 2. The maximum atomic E-state index is 5.93. The molecule has 0 bridgehead atoms. The molecule has 0 radical (unpaired) electrons. The van der Waals surface area contributed by atoms with E-state index in [4.69, 9.17) is 5.73 Å². The molecule has 2 aromatic heterocycles. The first-order valence-electron chi connectivity index (χ1n) is 6.13. The van der Waals surface area contributed by atoms with Gasteiger partial charge < -0.3 is 11.1 Å². The highest BCUT2D eigenvalue weighted by molar-refractivity contribution is 7.10. The summed E-state index contributed by atoms with van der Waals surface area (Å²) in [5, 5.41) is 8.91. The van der Waals surface area contributed by atoms with Gasteiger partial charge in [-0.25, -0.2) is 0 Å². The number of aromatic nitrogens is 3. The maximum absolute atomic E-state index is 5.93. The first kappa shape index (κ1) is 11.5. The van der Waals surface area contributed by atoms with Gasteiger partial charge in [-0.05, 0) is 37.2 Å². The lowest BCUT2D eigenvalue weighted by atomic mass is 10.2. The summed E-state index contributed by atoms with van der Waals surface area (Å²) in [6, 6.07) is 0. The van der Waals surface area contributed by atoms with Gasteiger partial charge in [0.15, 0.2) is 0 Å². The first-order chi connectivity index (χ1) is 8.65. The molecule has 0 spiro atoms. The van der Waals surface area contributed by atoms with E-state index in [1.165, 1.54) is 35.5 Å². The molecule has 0 unspecified atom stereocenters. The average Bonchev–Trinajstić information content (AvgIpc) is 3.01. The SMILES string of the molecule is Cc1nn(C)cc1CNc1snc(N)c1C1CC1. The van der Waals surface area contributed by atoms with Crippen LogP contribution in [0.3, 0.4) is 0 Å². The summed E-state index contributed by atoms with van der Waals surface area (Å²) in [4.78, 5) is 0. The van der Waals surface area contributed by atoms with E-state index in [-0.39, 0.29) is 0 Å². The van der Waals surface area contributed by atoms with Crippen molar-refractivity contribution in [3.63, 3.8) is 0 Å². The molecule has 2 heterocycles. The third-order valence-electron chi connectivity index (χ3n) is 3.30. The van der Waals surface area contributed by atoms with Gasteiger partial charge in [0.2, 0.25) is 0 Å². The number of rotatable bonds is 4. The molecule has 1 aliphatic carbocycles. The summed E-state index contributed by atoms with van der Waals surface area (Å²) < 4.78 is 6.10. The zero-order valence-electron chi connectivity index (χ0n) is 10.6. The Labute approximate surface area is 110 Å². The Balaban J connectivity index is 1.75. The van der Waals surface area contributed by atoms with Gasteiger partial charge in [0.25, 0.3) is 0 Å². The van der Waals surface area contributed by atoms with Gasteiger partial charge in [-0.15, -0.1) is 0 Å². The number of anilines is 2. The van der Waals surface area contributed by atoms with Crippen molar-refractivity contribution in [3.05, 3.63) is 23.0 Å². The van der Waals surface area contributed by atoms with Gasteiger partial charge in [0.1, 0.15) is 10.8 Å². The van der Waals surface area contributed by atoms with E-state index in [0.29, 0.717) is 11.7 Å². The molecular formula is C12H17N5S. The number of nitrogens with two attached hydrogens (primary N) is 1. The Morgan fingerprint density at radius 3 is 2.94 bits per heavy atom. The molecule has 3 N–H and O–H groups in total. The fourth-order valence-corrected chi connectivity index (χ4v) is 3.00. The van der Waals surface area contributed by atoms with Crippen molar-refractivity contribution in [1.82, 2.24) is 14.2 Å². The summed E-state index contributed by atoms with van der Waals surface area (Å²) in [5.41, 5.74) is 9.43. The van der Waals surface area contributed by atoms with Crippen LogP contribution in [0.25, 0.3) is 0 Å². The summed E-state index contributed by atoms with van der Waals surface area (Å²) in [5.74, 6) is 1.33. The maximum Gasteiger partial charge on any atom is 0.142 e. The highest BCUT2D eigenvalue weighted by Gasteiger charge is 2.30. The molecule has 0 aromatic carbocycles. The van der Waals surface area contributed by atoms with Crippen molar-refractivity contribution < 1.29 is 0 Å². The molecule has 18 heavy (non-hydrogen) atoms. The zero-order chi connectivity index (χ0) is 12.7. The number of aryl methyl sites for hydroxylation is 2. The highest BCUT2D eigenvalue weighted by atomic mass is 32.1. The Morgan fingerprint density at radius 2 is 2.33 bits per heavy atom. The fraction of sp³-hybridized carbons (Fsp3) is 0.500. The molecule has 1 aliphatic rings. The Kier molecular flexibility index (Phi) is 2.74. The average molecular weight is 263 g/mol. The highest BCUT2D eigenvalue weighted by Crippen LogP contribution is 2.47. The normalized spacial score (nSPS) is 15.0. The predicted molar refractivity (Wildman–Crippen MR) is 73.8 cm³/mol. The molecular weight excluding hydrogens is 246 g/mol. The molecule has 6 heteroatoms. The Bertz CT molecular complexity index is 567. The van der Waals surface area contributed by atoms with E-state index >= 15 is 0 Å². The van der Waals surface area contributed by atoms with Gasteiger partial charge in [-0.1, -0.05) is 0 Å². The minimum absolute atomic E-state index is 0.626. The summed E-state index contributed by atoms with van der Waals surface area (Å²) in [7, 11) is 1.94. The third-order valence-corrected chi connectivity index (χ3v) is 4.13. The smallest absolute Gasteiger partial charge is 0.142 e. The molecule has 3 rings (SSSR count). The third kappa shape index (κ3) is 2.08. The van der Waals surface area contributed by atoms with Crippen LogP contribution in [-0.2, 0) is 13.6 Å². The number of nitrogens with zero attached hydrogens (tertiary/aromatic N) is 3. The molecule has 0 saturated heterocycles. The van der Waals surface area contributed by atoms with E-state index < -0.39 is 0 Å². The van der Waals surface area contributed by atoms with Crippen LogP contribution in [0.15, 0.2) is 6.20 Å². The monoisotopic (exact) mass is 263 g/mol. The van der Waals surface area contributed by atoms with Gasteiger partial charge in [-0.3, -0.25) is 4.68 Å². The second kappa shape index (κ2) is 4.28. The predicted octanol–water partition coefficient (Wildman–Crippen LogP) is 2.26. The number of nitrogen functional groups attached to an aromatic ring is 1. The Hall–Kier alpha value is -1.56. The van der Waals surface area contributed by atoms with Crippen LogP contribution in [0, 0.1) is 6.92 Å². The van der Waals surface area contributed by atoms with Crippen LogP contribution in [0.4, 0.5) is 10.8 Å². The topological polar surface area (TPSA) is 68.8 Å². The standard InChI is InChI=1S/C12H17N5S/c1-7-9(6-17(2)15-7)5-14-12-10(8-3-4-8)11(13)16-18-12/h6,8,14H,3-5H2,1-2H3,(H2,13,16). The lowest BCUT2D eigenvalue weighted by molar-refractivity contribution is 0.756. The Morgan fingerprint density at radius 1 is 1.56 bits per heavy atom. The first-order valence-corrected chi connectivity index (χ1v) is 6.90. The van der Waals surface area contributed by atoms with Gasteiger partial charge in [0, 0.05) is 30.9 Å². The van der Waals surface area contributed by atoms with E-state index in [9.17, 15) is 0 Å². The van der Waals surface area contributed by atoms with Crippen LogP contribution in [-0.4, -0.2) is 14.2 Å². The van der Waals surface area contributed by atoms with Crippen molar-refractivity contribution in [2.45, 2.75) is 32.2 Å². The molecule has 0 amide bonds. The molecule has 0 aliphatic heterocycles. The van der Waals surface area contributed by atoms with E-state index in [1.807, 2.05) is 24.9 Å². The van der Waals surface area contributed by atoms with E-state index in [1.54, 1.807) is 0 Å². The number of nitrogens with one attached hydrogen (secondary N) is 1. The van der Waals surface area contributed by atoms with E-state index in [2.05, 4.69) is 14.8 Å². The quantitative estimate of drug-likeness (QED) is 0.887. The van der Waals surface area contributed by atoms with Crippen LogP contribution in [0.5, 0.6) is 0 Å². The summed E-state index contributed by atoms with van der Waals surface area (Å²) >= 11 is 1.46. The fourth-order valence-electron chi connectivity index (χ4n) is 2.20. The molecule has 2 aromatic rings. The minimum Gasteiger partial charge on any atom is -0.383 e. The van der Waals surface area contributed by atoms with Crippen LogP contribution in [0.2, 0.25) is 0 Å². The van der Waals surface area contributed by atoms with Crippen molar-refractivity contribution in [2.24, 2.45) is 7.05 Å². The molecule has 5 nitrogen and oxygen atoms in total. The molecule has 0 atom stereocenters. The second-order valence-corrected chi connectivity index (χ2v) is 5.63. The number of hydrogen-bond acceptors (Lipinski definition) is 5. The van der Waals surface area contributed by atoms with Gasteiger partial charge in [0.05, 0.1) is 5.69 Å². The zero-order valence-corrected chi connectivity index (χ0v) is 11.4. The van der Waals surface area contributed by atoms with Crippen LogP contribution >= 0.6 is 11.5 Å². The lowest BCUT2D eigenvalue weighted by Crippen LogP contribution is -2.01. The van der Waals surface area contributed by atoms with E-state index in [0.717, 1.165) is 17.2 Å². The van der Waals surface area contributed by atoms with Gasteiger partial charge in [-0.2, -0.15) is 9.47 Å². The van der Waals surface area contributed by atoms with Crippen molar-refractivity contribution in [3.8, 4) is 0 Å². The molecule has 1 fully saturated rings. The van der Waals surface area contributed by atoms with Crippen molar-refractivity contribution in [1.29, 1.82) is 0 Å². The van der Waals surface area contributed by atoms with Gasteiger partial charge >= 0.3 is 0 Å². The summed E-state index contributed by atoms with van der Waals surface area (Å²) in [6.07, 6.45) is 4.52. The minimum atomic E-state index is 0.626. The summed E-state index contributed by atoms with van der Waals surface area (Å²) in [6.45, 7) is 2.81. The van der Waals surface area contributed by atoms with Crippen LogP contribution in [0.1, 0.15) is 35.6 Å². The van der Waals surface area contributed by atoms with Crippen molar-refractivity contribution in [2.75, 3.05) is 11.1 Å². The lowest BCUT2D eigenvalue weighted by Gasteiger charge is -2.05. The molecule has 96 valence electrons.